The Bertz CT molecular complexity index is 830. The van der Waals surface area contributed by atoms with Gasteiger partial charge in [-0.25, -0.2) is 0 Å². The van der Waals surface area contributed by atoms with E-state index >= 15 is 0 Å². The van der Waals surface area contributed by atoms with Crippen molar-refractivity contribution in [2.24, 2.45) is 0 Å². The minimum Gasteiger partial charge on any atom is -0.482 e. The van der Waals surface area contributed by atoms with E-state index in [0.29, 0.717) is 22.3 Å². The molecule has 1 N–H and O–H groups in total. The van der Waals surface area contributed by atoms with E-state index in [-0.39, 0.29) is 18.4 Å². The molecule has 1 unspecified atom stereocenters. The minimum absolute atomic E-state index is 0.0311. The molecule has 28 heavy (non-hydrogen) atoms. The van der Waals surface area contributed by atoms with Crippen molar-refractivity contribution in [3.8, 4) is 5.75 Å². The van der Waals surface area contributed by atoms with Gasteiger partial charge in [-0.15, -0.1) is 0 Å². The number of carbonyl (C=O) groups excluding carboxylic acids is 2. The number of nitrogens with one attached hydrogen (secondary N) is 1. The molecule has 2 aliphatic heterocycles. The molecule has 3 aliphatic rings. The second kappa shape index (κ2) is 8.41. The fourth-order valence-electron chi connectivity index (χ4n) is 3.55. The van der Waals surface area contributed by atoms with Crippen LogP contribution in [0.1, 0.15) is 36.0 Å². The van der Waals surface area contributed by atoms with Crippen LogP contribution >= 0.6 is 11.9 Å². The quantitative estimate of drug-likeness (QED) is 0.789. The van der Waals surface area contributed by atoms with Crippen molar-refractivity contribution in [1.29, 1.82) is 0 Å². The van der Waals surface area contributed by atoms with Gasteiger partial charge in [0.1, 0.15) is 5.75 Å². The fourth-order valence-corrected chi connectivity index (χ4v) is 4.73. The van der Waals surface area contributed by atoms with Crippen LogP contribution in [-0.2, 0) is 4.79 Å². The maximum atomic E-state index is 12.6. The number of allylic oxidation sites excluding steroid dienone is 2. The third kappa shape index (κ3) is 4.25. The summed E-state index contributed by atoms with van der Waals surface area (Å²) >= 11 is 1.91. The summed E-state index contributed by atoms with van der Waals surface area (Å²) in [4.78, 5) is 26.0. The standard InChI is InChI=1S/C21H25N3O3S/c1-23-18-13-15(5-10-19(18)27-14-20(23)25)21(26)22-16-6-8-17(9-7-16)28-24-11-3-2-4-12-24/h5-8,10,13,17H,2-4,9,11-12,14H2,1H3,(H,22,26). The second-order valence-corrected chi connectivity index (χ2v) is 8.60. The van der Waals surface area contributed by atoms with Gasteiger partial charge < -0.3 is 15.0 Å². The van der Waals surface area contributed by atoms with Gasteiger partial charge in [0.15, 0.2) is 6.61 Å². The lowest BCUT2D eigenvalue weighted by molar-refractivity contribution is -0.120. The van der Waals surface area contributed by atoms with Gasteiger partial charge in [0, 0.05) is 36.6 Å². The average molecular weight is 400 g/mol. The van der Waals surface area contributed by atoms with E-state index in [1.54, 1.807) is 25.2 Å². The third-order valence-electron chi connectivity index (χ3n) is 5.23. The Kier molecular flexibility index (Phi) is 5.73. The second-order valence-electron chi connectivity index (χ2n) is 7.27. The van der Waals surface area contributed by atoms with Crippen LogP contribution in [0.15, 0.2) is 42.1 Å². The van der Waals surface area contributed by atoms with Crippen molar-refractivity contribution in [2.45, 2.75) is 30.9 Å². The molecule has 0 radical (unpaired) electrons. The smallest absolute Gasteiger partial charge is 0.264 e. The summed E-state index contributed by atoms with van der Waals surface area (Å²) < 4.78 is 7.87. The summed E-state index contributed by atoms with van der Waals surface area (Å²) in [7, 11) is 1.69. The van der Waals surface area contributed by atoms with E-state index in [1.807, 2.05) is 18.0 Å². The van der Waals surface area contributed by atoms with Crippen LogP contribution in [0.3, 0.4) is 0 Å². The number of carbonyl (C=O) groups is 2. The van der Waals surface area contributed by atoms with E-state index < -0.39 is 0 Å². The molecule has 2 amide bonds. The van der Waals surface area contributed by atoms with E-state index in [0.717, 1.165) is 12.1 Å². The highest BCUT2D eigenvalue weighted by Gasteiger charge is 2.24. The molecule has 1 aromatic rings. The zero-order chi connectivity index (χ0) is 19.5. The normalized spacial score (nSPS) is 22.3. The first-order chi connectivity index (χ1) is 13.6. The van der Waals surface area contributed by atoms with Crippen LogP contribution in [0.5, 0.6) is 5.75 Å². The number of hydrogen-bond donors (Lipinski definition) is 1. The summed E-state index contributed by atoms with van der Waals surface area (Å²) in [6, 6.07) is 5.16. The van der Waals surface area contributed by atoms with Crippen LogP contribution in [0, 0.1) is 0 Å². The highest BCUT2D eigenvalue weighted by Crippen LogP contribution is 2.32. The highest BCUT2D eigenvalue weighted by atomic mass is 32.2. The van der Waals surface area contributed by atoms with Crippen molar-refractivity contribution in [1.82, 2.24) is 9.62 Å². The van der Waals surface area contributed by atoms with E-state index in [4.69, 9.17) is 4.74 Å². The number of fused-ring (bicyclic) bond motifs is 1. The van der Waals surface area contributed by atoms with Crippen molar-refractivity contribution in [3.63, 3.8) is 0 Å². The summed E-state index contributed by atoms with van der Waals surface area (Å²) in [5, 5.41) is 3.39. The molecule has 7 heteroatoms. The van der Waals surface area contributed by atoms with E-state index in [2.05, 4.69) is 21.8 Å². The lowest BCUT2D eigenvalue weighted by atomic mass is 10.1. The predicted molar refractivity (Wildman–Crippen MR) is 111 cm³/mol. The van der Waals surface area contributed by atoms with Crippen LogP contribution in [-0.4, -0.2) is 48.1 Å². The lowest BCUT2D eigenvalue weighted by Crippen LogP contribution is -2.35. The molecule has 2 heterocycles. The maximum Gasteiger partial charge on any atom is 0.264 e. The van der Waals surface area contributed by atoms with Gasteiger partial charge in [-0.1, -0.05) is 30.5 Å². The largest absolute Gasteiger partial charge is 0.482 e. The van der Waals surface area contributed by atoms with Gasteiger partial charge >= 0.3 is 0 Å². The number of rotatable bonds is 4. The molecular weight excluding hydrogens is 374 g/mol. The summed E-state index contributed by atoms with van der Waals surface area (Å²) in [6.45, 7) is 2.37. The molecule has 1 aromatic carbocycles. The van der Waals surface area contributed by atoms with Gasteiger partial charge in [0.25, 0.3) is 11.8 Å². The maximum absolute atomic E-state index is 12.6. The number of anilines is 1. The summed E-state index contributed by atoms with van der Waals surface area (Å²) in [5.74, 6) is 0.306. The summed E-state index contributed by atoms with van der Waals surface area (Å²) in [6.07, 6.45) is 11.0. The third-order valence-corrected chi connectivity index (χ3v) is 6.51. The van der Waals surface area contributed by atoms with Crippen molar-refractivity contribution in [2.75, 3.05) is 31.6 Å². The Hall–Kier alpha value is -2.25. The molecule has 0 bridgehead atoms. The summed E-state index contributed by atoms with van der Waals surface area (Å²) in [5.41, 5.74) is 1.94. The van der Waals surface area contributed by atoms with Gasteiger partial charge in [-0.3, -0.25) is 13.9 Å². The minimum atomic E-state index is -0.188. The van der Waals surface area contributed by atoms with Crippen LogP contribution in [0.25, 0.3) is 0 Å². The van der Waals surface area contributed by atoms with Crippen molar-refractivity contribution in [3.05, 3.63) is 47.7 Å². The topological polar surface area (TPSA) is 61.9 Å². The molecule has 0 saturated carbocycles. The van der Waals surface area contributed by atoms with Gasteiger partial charge in [-0.05, 0) is 43.5 Å². The predicted octanol–water partition coefficient (Wildman–Crippen LogP) is 3.12. The van der Waals surface area contributed by atoms with Crippen LogP contribution in [0.2, 0.25) is 0 Å². The van der Waals surface area contributed by atoms with E-state index in [1.165, 1.54) is 37.3 Å². The SMILES string of the molecule is CN1C(=O)COc2ccc(C(=O)NC3=CCC(SN4CCCCC4)C=C3)cc21. The number of benzene rings is 1. The molecule has 148 valence electrons. The molecule has 1 saturated heterocycles. The first kappa shape index (κ1) is 19.1. The van der Waals surface area contributed by atoms with Crippen LogP contribution < -0.4 is 15.0 Å². The molecule has 4 rings (SSSR count). The number of hydrogen-bond acceptors (Lipinski definition) is 5. The lowest BCUT2D eigenvalue weighted by Gasteiger charge is -2.28. The number of piperidine rings is 1. The van der Waals surface area contributed by atoms with Gasteiger partial charge in [0.2, 0.25) is 0 Å². The van der Waals surface area contributed by atoms with Crippen LogP contribution in [0.4, 0.5) is 5.69 Å². The number of nitrogens with zero attached hydrogens (tertiary/aromatic N) is 2. The molecule has 0 spiro atoms. The fraction of sp³-hybridized carbons (Fsp3) is 0.429. The Balaban J connectivity index is 1.35. The van der Waals surface area contributed by atoms with Crippen molar-refractivity contribution < 1.29 is 14.3 Å². The molecule has 1 atom stereocenters. The Morgan fingerprint density at radius 3 is 2.82 bits per heavy atom. The Morgan fingerprint density at radius 1 is 1.25 bits per heavy atom. The van der Waals surface area contributed by atoms with E-state index in [9.17, 15) is 9.59 Å². The first-order valence-electron chi connectivity index (χ1n) is 9.75. The van der Waals surface area contributed by atoms with Gasteiger partial charge in [0.05, 0.1) is 5.69 Å². The molecule has 1 aliphatic carbocycles. The Labute approximate surface area is 169 Å². The molecule has 6 nitrogen and oxygen atoms in total. The van der Waals surface area contributed by atoms with Crippen molar-refractivity contribution >= 4 is 29.4 Å². The number of amides is 2. The molecular formula is C21H25N3O3S. The number of likely N-dealkylation sites (N-methyl/N-ethyl adjacent to an activating group) is 1. The monoisotopic (exact) mass is 399 g/mol. The average Bonchev–Trinajstić information content (AvgIpc) is 2.73. The molecule has 1 fully saturated rings. The zero-order valence-corrected chi connectivity index (χ0v) is 16.8. The number of ether oxygens (including phenoxy) is 1. The zero-order valence-electron chi connectivity index (χ0n) is 16.0. The van der Waals surface area contributed by atoms with Gasteiger partial charge in [-0.2, -0.15) is 0 Å². The molecule has 0 aromatic heterocycles. The Morgan fingerprint density at radius 2 is 2.07 bits per heavy atom. The first-order valence-corrected chi connectivity index (χ1v) is 10.6. The highest BCUT2D eigenvalue weighted by molar-refractivity contribution is 7.97.